The average Bonchev–Trinajstić information content (AvgIpc) is 3.06. The fourth-order valence-electron chi connectivity index (χ4n) is 3.01. The molecule has 2 heterocycles. The molecule has 0 aromatic heterocycles. The Hall–Kier alpha value is -2.06. The van der Waals surface area contributed by atoms with Crippen LogP contribution in [0.3, 0.4) is 0 Å². The molecule has 26 heavy (non-hydrogen) atoms. The van der Waals surface area contributed by atoms with Crippen molar-refractivity contribution in [3.8, 4) is 0 Å². The lowest BCUT2D eigenvalue weighted by atomic mass is 10.2. The third-order valence-electron chi connectivity index (χ3n) is 4.58. The zero-order chi connectivity index (χ0) is 18.4. The summed E-state index contributed by atoms with van der Waals surface area (Å²) in [5.41, 5.74) is 1.07. The molecule has 0 unspecified atom stereocenters. The van der Waals surface area contributed by atoms with E-state index in [1.807, 2.05) is 30.3 Å². The van der Waals surface area contributed by atoms with Crippen molar-refractivity contribution in [1.29, 1.82) is 0 Å². The van der Waals surface area contributed by atoms with Crippen LogP contribution in [0.1, 0.15) is 5.56 Å². The minimum atomic E-state index is -0.00619. The number of carbonyl (C=O) groups is 3. The Kier molecular flexibility index (Phi) is 6.51. The van der Waals surface area contributed by atoms with Gasteiger partial charge in [0.05, 0.1) is 18.2 Å². The molecule has 0 aliphatic carbocycles. The van der Waals surface area contributed by atoms with Gasteiger partial charge in [-0.05, 0) is 5.56 Å². The van der Waals surface area contributed by atoms with E-state index in [2.05, 4.69) is 10.2 Å². The van der Waals surface area contributed by atoms with Crippen LogP contribution in [0.5, 0.6) is 0 Å². The highest BCUT2D eigenvalue weighted by atomic mass is 32.2. The van der Waals surface area contributed by atoms with Gasteiger partial charge in [-0.2, -0.15) is 0 Å². The highest BCUT2D eigenvalue weighted by molar-refractivity contribution is 8.00. The second kappa shape index (κ2) is 9.05. The highest BCUT2D eigenvalue weighted by Gasteiger charge is 2.27. The van der Waals surface area contributed by atoms with Gasteiger partial charge in [0, 0.05) is 32.7 Å². The van der Waals surface area contributed by atoms with Gasteiger partial charge in [0.15, 0.2) is 0 Å². The number of thioether (sulfide) groups is 1. The van der Waals surface area contributed by atoms with Crippen LogP contribution in [0.4, 0.5) is 0 Å². The minimum Gasteiger partial charge on any atom is -0.351 e. The van der Waals surface area contributed by atoms with E-state index in [0.717, 1.165) is 5.56 Å². The molecular weight excluding hydrogens is 352 g/mol. The Bertz CT molecular complexity index is 647. The molecule has 1 aromatic carbocycles. The number of carbonyl (C=O) groups excluding carboxylic acids is 3. The summed E-state index contributed by atoms with van der Waals surface area (Å²) >= 11 is 1.54. The highest BCUT2D eigenvalue weighted by Crippen LogP contribution is 2.15. The van der Waals surface area contributed by atoms with Crippen molar-refractivity contribution in [3.05, 3.63) is 35.9 Å². The maximum absolute atomic E-state index is 12.3. The number of hydrogen-bond donors (Lipinski definition) is 1. The molecule has 0 radical (unpaired) electrons. The summed E-state index contributed by atoms with van der Waals surface area (Å²) in [7, 11) is 0. The zero-order valence-corrected chi connectivity index (χ0v) is 15.5. The summed E-state index contributed by atoms with van der Waals surface area (Å²) in [5.74, 6) is 1.10. The van der Waals surface area contributed by atoms with Crippen LogP contribution < -0.4 is 5.32 Å². The Labute approximate surface area is 157 Å². The number of nitrogens with one attached hydrogen (secondary N) is 1. The van der Waals surface area contributed by atoms with Crippen LogP contribution in [-0.4, -0.2) is 83.3 Å². The number of rotatable bonds is 6. The molecule has 7 nitrogen and oxygen atoms in total. The lowest BCUT2D eigenvalue weighted by molar-refractivity contribution is -0.139. The first-order valence-electron chi connectivity index (χ1n) is 8.78. The fraction of sp³-hybridized carbons (Fsp3) is 0.500. The van der Waals surface area contributed by atoms with E-state index in [1.54, 1.807) is 21.6 Å². The van der Waals surface area contributed by atoms with Crippen molar-refractivity contribution in [1.82, 2.24) is 20.0 Å². The molecule has 0 atom stereocenters. The van der Waals surface area contributed by atoms with Gasteiger partial charge >= 0.3 is 0 Å². The molecule has 0 saturated carbocycles. The quantitative estimate of drug-likeness (QED) is 0.756. The third-order valence-corrected chi connectivity index (χ3v) is 5.52. The van der Waals surface area contributed by atoms with Gasteiger partial charge in [-0.1, -0.05) is 30.3 Å². The molecule has 140 valence electrons. The lowest BCUT2D eigenvalue weighted by Crippen LogP contribution is -2.53. The van der Waals surface area contributed by atoms with Crippen LogP contribution in [0, 0.1) is 0 Å². The van der Waals surface area contributed by atoms with Crippen LogP contribution >= 0.6 is 11.8 Å². The number of benzene rings is 1. The Morgan fingerprint density at radius 2 is 1.77 bits per heavy atom. The Balaban J connectivity index is 1.36. The number of amides is 3. The molecule has 1 aromatic rings. The van der Waals surface area contributed by atoms with E-state index in [-0.39, 0.29) is 24.3 Å². The summed E-state index contributed by atoms with van der Waals surface area (Å²) in [5, 5.41) is 2.93. The van der Waals surface area contributed by atoms with E-state index in [1.165, 1.54) is 0 Å². The average molecular weight is 376 g/mol. The van der Waals surface area contributed by atoms with Gasteiger partial charge in [-0.25, -0.2) is 0 Å². The standard InChI is InChI=1S/C18H24N4O3S/c23-16(19-10-15-4-2-1-3-5-15)11-20-6-8-21(9-7-20)17(24)12-22-14-26-13-18(22)25/h1-5H,6-14H2,(H,19,23). The van der Waals surface area contributed by atoms with Crippen LogP contribution in [0.15, 0.2) is 30.3 Å². The summed E-state index contributed by atoms with van der Waals surface area (Å²) in [6.07, 6.45) is 0. The van der Waals surface area contributed by atoms with E-state index >= 15 is 0 Å². The topological polar surface area (TPSA) is 73.0 Å². The van der Waals surface area contributed by atoms with Crippen LogP contribution in [0.2, 0.25) is 0 Å². The molecule has 2 aliphatic rings. The van der Waals surface area contributed by atoms with E-state index < -0.39 is 0 Å². The SMILES string of the molecule is O=C(CN1CCN(C(=O)CN2CSCC2=O)CC1)NCc1ccccc1. The third kappa shape index (κ3) is 5.22. The first-order chi connectivity index (χ1) is 12.6. The molecule has 2 fully saturated rings. The van der Waals surface area contributed by atoms with E-state index in [9.17, 15) is 14.4 Å². The maximum atomic E-state index is 12.3. The van der Waals surface area contributed by atoms with Gasteiger partial charge in [0.2, 0.25) is 17.7 Å². The van der Waals surface area contributed by atoms with Crippen molar-refractivity contribution < 1.29 is 14.4 Å². The van der Waals surface area contributed by atoms with E-state index in [4.69, 9.17) is 0 Å². The molecule has 3 amide bonds. The second-order valence-electron chi connectivity index (χ2n) is 6.49. The van der Waals surface area contributed by atoms with Gasteiger partial charge < -0.3 is 15.1 Å². The van der Waals surface area contributed by atoms with Gasteiger partial charge in [0.1, 0.15) is 6.54 Å². The molecule has 0 spiro atoms. The molecule has 8 heteroatoms. The Morgan fingerprint density at radius 3 is 2.42 bits per heavy atom. The molecule has 3 rings (SSSR count). The van der Waals surface area contributed by atoms with E-state index in [0.29, 0.717) is 50.9 Å². The largest absolute Gasteiger partial charge is 0.351 e. The van der Waals surface area contributed by atoms with Crippen LogP contribution in [-0.2, 0) is 20.9 Å². The van der Waals surface area contributed by atoms with Gasteiger partial charge in [0.25, 0.3) is 0 Å². The first-order valence-corrected chi connectivity index (χ1v) is 9.93. The second-order valence-corrected chi connectivity index (χ2v) is 7.44. The molecule has 1 N–H and O–H groups in total. The van der Waals surface area contributed by atoms with Crippen molar-refractivity contribution >= 4 is 29.5 Å². The number of hydrogen-bond acceptors (Lipinski definition) is 5. The van der Waals surface area contributed by atoms with Crippen molar-refractivity contribution in [3.63, 3.8) is 0 Å². The smallest absolute Gasteiger partial charge is 0.242 e. The number of piperazine rings is 1. The van der Waals surface area contributed by atoms with Gasteiger partial charge in [-0.3, -0.25) is 19.3 Å². The normalized spacial score (nSPS) is 18.2. The van der Waals surface area contributed by atoms with Crippen molar-refractivity contribution in [2.75, 3.05) is 50.9 Å². The predicted molar refractivity (Wildman–Crippen MR) is 100 cm³/mol. The molecular formula is C18H24N4O3S. The van der Waals surface area contributed by atoms with Crippen LogP contribution in [0.25, 0.3) is 0 Å². The summed E-state index contributed by atoms with van der Waals surface area (Å²) in [4.78, 5) is 41.5. The summed E-state index contributed by atoms with van der Waals surface area (Å²) in [6, 6.07) is 9.81. The van der Waals surface area contributed by atoms with Gasteiger partial charge in [-0.15, -0.1) is 11.8 Å². The lowest BCUT2D eigenvalue weighted by Gasteiger charge is -2.35. The maximum Gasteiger partial charge on any atom is 0.242 e. The number of nitrogens with zero attached hydrogens (tertiary/aromatic N) is 3. The fourth-order valence-corrected chi connectivity index (χ4v) is 3.92. The first kappa shape index (κ1) is 18.7. The summed E-state index contributed by atoms with van der Waals surface area (Å²) in [6.45, 7) is 3.58. The van der Waals surface area contributed by atoms with Crippen molar-refractivity contribution in [2.24, 2.45) is 0 Å². The zero-order valence-electron chi connectivity index (χ0n) is 14.7. The summed E-state index contributed by atoms with van der Waals surface area (Å²) < 4.78 is 0. The molecule has 2 aliphatic heterocycles. The minimum absolute atomic E-state index is 0.00553. The predicted octanol–water partition coefficient (Wildman–Crippen LogP) is -0.0201. The monoisotopic (exact) mass is 376 g/mol. The Morgan fingerprint density at radius 1 is 1.04 bits per heavy atom. The molecule has 0 bridgehead atoms. The molecule has 2 saturated heterocycles. The van der Waals surface area contributed by atoms with Crippen molar-refractivity contribution in [2.45, 2.75) is 6.54 Å².